The first kappa shape index (κ1) is 45.3. The van der Waals surface area contributed by atoms with E-state index in [0.29, 0.717) is 0 Å². The molecule has 0 amide bonds. The van der Waals surface area contributed by atoms with E-state index in [-0.39, 0.29) is 0 Å². The fraction of sp³-hybridized carbons (Fsp3) is 0. The van der Waals surface area contributed by atoms with Crippen LogP contribution in [-0.2, 0) is 0 Å². The Labute approximate surface area is 453 Å². The Bertz CT molecular complexity index is 4800. The van der Waals surface area contributed by atoms with Gasteiger partial charge in [0.05, 0.1) is 0 Å². The van der Waals surface area contributed by atoms with Crippen molar-refractivity contribution in [1.82, 2.24) is 0 Å². The van der Waals surface area contributed by atoms with Gasteiger partial charge in [0.1, 0.15) is 0 Å². The Morgan fingerprint density at radius 3 is 0.679 bits per heavy atom. The SMILES string of the molecule is c1ccc(-c2c(-c3ccccc3)c(-c3ccccc3)c(-c3cccc(-c4ccc5c6cccc7c6=c6c(cccc6c6ccccc6c5c4)c4ccccc4c4ccccc74)c3)c(-c3ccccc3)c2-c2ccccc2)cc1. The van der Waals surface area contributed by atoms with E-state index >= 15 is 0 Å². The zero-order valence-electron chi connectivity index (χ0n) is 42.9. The van der Waals surface area contributed by atoms with Gasteiger partial charge in [-0.05, 0) is 165 Å². The van der Waals surface area contributed by atoms with Crippen LogP contribution < -0.4 is 0 Å². The normalized spacial score (nSPS) is 11.6. The third-order valence-corrected chi connectivity index (χ3v) is 16.2. The van der Waals surface area contributed by atoms with Gasteiger partial charge in [-0.25, -0.2) is 0 Å². The summed E-state index contributed by atoms with van der Waals surface area (Å²) in [5.74, 6) is 0. The molecular formula is C78H50. The molecule has 0 heterocycles. The van der Waals surface area contributed by atoms with E-state index in [1.54, 1.807) is 0 Å². The summed E-state index contributed by atoms with van der Waals surface area (Å²) in [4.78, 5) is 0. The molecule has 15 rings (SSSR count). The molecule has 0 bridgehead atoms. The van der Waals surface area contributed by atoms with Crippen LogP contribution in [0.1, 0.15) is 0 Å². The van der Waals surface area contributed by atoms with Gasteiger partial charge in [0.25, 0.3) is 0 Å². The van der Waals surface area contributed by atoms with Crippen molar-refractivity contribution in [3.05, 3.63) is 314 Å². The van der Waals surface area contributed by atoms with E-state index < -0.39 is 0 Å². The van der Waals surface area contributed by atoms with Crippen molar-refractivity contribution in [2.24, 2.45) is 0 Å². The number of hydrogen-bond donors (Lipinski definition) is 0. The molecule has 0 aromatic heterocycles. The van der Waals surface area contributed by atoms with Crippen molar-refractivity contribution in [3.8, 4) is 77.9 Å². The highest BCUT2D eigenvalue weighted by molar-refractivity contribution is 6.22. The minimum Gasteiger partial charge on any atom is -0.0622 e. The molecule has 0 spiro atoms. The Morgan fingerprint density at radius 2 is 0.333 bits per heavy atom. The third-order valence-electron chi connectivity index (χ3n) is 16.2. The maximum Gasteiger partial charge on any atom is -0.00137 e. The Balaban J connectivity index is 1.08. The first-order valence-corrected chi connectivity index (χ1v) is 27.1. The molecule has 13 aromatic rings. The number of benzene rings is 13. The van der Waals surface area contributed by atoms with Gasteiger partial charge in [0.2, 0.25) is 0 Å². The molecule has 0 aliphatic heterocycles. The lowest BCUT2D eigenvalue weighted by Gasteiger charge is -2.29. The predicted molar refractivity (Wildman–Crippen MR) is 334 cm³/mol. The molecule has 362 valence electrons. The van der Waals surface area contributed by atoms with Gasteiger partial charge in [0.15, 0.2) is 0 Å². The second kappa shape index (κ2) is 18.9. The highest BCUT2D eigenvalue weighted by Crippen LogP contribution is 2.56. The van der Waals surface area contributed by atoms with Crippen molar-refractivity contribution >= 4 is 64.6 Å². The number of rotatable bonds is 7. The molecule has 0 saturated heterocycles. The first-order chi connectivity index (χ1) is 38.8. The average Bonchev–Trinajstić information content (AvgIpc) is 3.71. The van der Waals surface area contributed by atoms with E-state index in [0.717, 1.165) is 27.8 Å². The van der Waals surface area contributed by atoms with Crippen molar-refractivity contribution in [1.29, 1.82) is 0 Å². The van der Waals surface area contributed by atoms with Gasteiger partial charge in [-0.2, -0.15) is 0 Å². The lowest BCUT2D eigenvalue weighted by molar-refractivity contribution is 1.51. The van der Waals surface area contributed by atoms with Crippen LogP contribution in [0.15, 0.2) is 303 Å². The minimum atomic E-state index is 1.15. The van der Waals surface area contributed by atoms with Crippen LogP contribution in [-0.4, -0.2) is 0 Å². The van der Waals surface area contributed by atoms with Crippen molar-refractivity contribution in [2.75, 3.05) is 0 Å². The minimum absolute atomic E-state index is 1.15. The predicted octanol–water partition coefficient (Wildman–Crippen LogP) is 21.6. The zero-order chi connectivity index (χ0) is 51.5. The summed E-state index contributed by atoms with van der Waals surface area (Å²) in [5, 5.41) is 17.4. The smallest absolute Gasteiger partial charge is 0.00137 e. The van der Waals surface area contributed by atoms with E-state index in [1.807, 2.05) is 0 Å². The summed E-state index contributed by atoms with van der Waals surface area (Å²) in [7, 11) is 0. The van der Waals surface area contributed by atoms with E-state index in [2.05, 4.69) is 303 Å². The standard InChI is InChI=1S/C78H50/c1-6-25-51(26-7-1)71-72(52-27-8-2-9-28-52)74(54-31-12-4-13-32-54)76(75(55-33-14-5-15-34-55)73(71)53-29-10-3-11-30-53)58-36-22-35-56(49-58)57-47-48-65-69-46-24-44-67-62-40-19-17-38-60(62)59-37-16-18-39-61(59)66-43-23-45-68(77(66)78(67)69)63-41-20-21-42-64(63)70(65)50-57/h1-50H. The molecule has 2 aliphatic carbocycles. The lowest BCUT2D eigenvalue weighted by Crippen LogP contribution is -2.02. The van der Waals surface area contributed by atoms with Crippen molar-refractivity contribution in [3.63, 3.8) is 0 Å². The molecular weight excluding hydrogens is 937 g/mol. The van der Waals surface area contributed by atoms with Crippen molar-refractivity contribution in [2.45, 2.75) is 0 Å². The Hall–Kier alpha value is -10.1. The van der Waals surface area contributed by atoms with Crippen LogP contribution >= 0.6 is 0 Å². The highest BCUT2D eigenvalue weighted by Gasteiger charge is 2.29. The van der Waals surface area contributed by atoms with Gasteiger partial charge in [-0.3, -0.25) is 0 Å². The Kier molecular flexibility index (Phi) is 11.0. The molecule has 13 aromatic carbocycles. The second-order valence-electron chi connectivity index (χ2n) is 20.5. The summed E-state index contributed by atoms with van der Waals surface area (Å²) in [5.41, 5.74) is 16.5. The van der Waals surface area contributed by atoms with Crippen molar-refractivity contribution < 1.29 is 0 Å². The molecule has 0 heteroatoms. The largest absolute Gasteiger partial charge is 0.0622 e. The van der Waals surface area contributed by atoms with Gasteiger partial charge >= 0.3 is 0 Å². The topological polar surface area (TPSA) is 0 Å². The van der Waals surface area contributed by atoms with Gasteiger partial charge in [0, 0.05) is 0 Å². The van der Waals surface area contributed by atoms with Crippen LogP contribution in [0, 0.1) is 10.4 Å². The molecule has 0 unspecified atom stereocenters. The quantitative estimate of drug-likeness (QED) is 0.149. The van der Waals surface area contributed by atoms with Crippen LogP contribution in [0.25, 0.3) is 143 Å². The molecule has 2 aliphatic rings. The van der Waals surface area contributed by atoms with Gasteiger partial charge in [-0.15, -0.1) is 0 Å². The van der Waals surface area contributed by atoms with Crippen LogP contribution in [0.3, 0.4) is 0 Å². The molecule has 78 heavy (non-hydrogen) atoms. The fourth-order valence-corrected chi connectivity index (χ4v) is 12.9. The molecule has 0 N–H and O–H groups in total. The first-order valence-electron chi connectivity index (χ1n) is 27.1. The monoisotopic (exact) mass is 986 g/mol. The molecule has 0 atom stereocenters. The molecule has 0 radical (unpaired) electrons. The summed E-state index contributed by atoms with van der Waals surface area (Å²) in [6, 6.07) is 113. The summed E-state index contributed by atoms with van der Waals surface area (Å²) < 4.78 is 0. The van der Waals surface area contributed by atoms with Crippen LogP contribution in [0.4, 0.5) is 0 Å². The maximum absolute atomic E-state index is 2.47. The zero-order valence-corrected chi connectivity index (χ0v) is 42.9. The maximum atomic E-state index is 2.47. The summed E-state index contributed by atoms with van der Waals surface area (Å²) in [6.07, 6.45) is 0. The molecule has 0 saturated carbocycles. The Morgan fingerprint density at radius 1 is 0.115 bits per heavy atom. The lowest BCUT2D eigenvalue weighted by atomic mass is 9.74. The molecule has 0 fully saturated rings. The highest BCUT2D eigenvalue weighted by atomic mass is 14.3. The van der Waals surface area contributed by atoms with Gasteiger partial charge < -0.3 is 0 Å². The third kappa shape index (κ3) is 7.37. The van der Waals surface area contributed by atoms with Crippen LogP contribution in [0.2, 0.25) is 0 Å². The summed E-state index contributed by atoms with van der Waals surface area (Å²) in [6.45, 7) is 0. The second-order valence-corrected chi connectivity index (χ2v) is 20.5. The summed E-state index contributed by atoms with van der Waals surface area (Å²) >= 11 is 0. The number of fused-ring (bicyclic) bond motifs is 10. The van der Waals surface area contributed by atoms with E-state index in [1.165, 1.54) is 125 Å². The number of hydrogen-bond acceptors (Lipinski definition) is 0. The van der Waals surface area contributed by atoms with E-state index in [4.69, 9.17) is 0 Å². The van der Waals surface area contributed by atoms with E-state index in [9.17, 15) is 0 Å². The fourth-order valence-electron chi connectivity index (χ4n) is 12.9. The van der Waals surface area contributed by atoms with Crippen LogP contribution in [0.5, 0.6) is 0 Å². The average molecular weight is 987 g/mol. The molecule has 0 nitrogen and oxygen atoms in total. The van der Waals surface area contributed by atoms with Gasteiger partial charge in [-0.1, -0.05) is 291 Å².